The van der Waals surface area contributed by atoms with Gasteiger partial charge in [0.2, 0.25) is 0 Å². The molecule has 2 rings (SSSR count). The number of hydrazone groups is 1. The number of carbonyl (C=O) groups is 1. The van der Waals surface area contributed by atoms with Crippen LogP contribution in [-0.4, -0.2) is 17.2 Å². The minimum Gasteiger partial charge on any atom is -0.324 e. The predicted molar refractivity (Wildman–Crippen MR) is 78.7 cm³/mol. The molecule has 1 amide bonds. The Hall–Kier alpha value is -2.56. The standard InChI is InChI=1S/C15H15F3N4O/c1-3-10-7-14(2,22-21-10)13(23)20-11-5-4-9(8-19)12(6-11)15(16,17)18/h4-6,22H,3,7H2,1-2H3,(H,20,23). The highest BCUT2D eigenvalue weighted by Gasteiger charge is 2.39. The van der Waals surface area contributed by atoms with Crippen molar-refractivity contribution in [2.24, 2.45) is 5.10 Å². The molecule has 0 saturated carbocycles. The Morgan fingerprint density at radius 1 is 1.52 bits per heavy atom. The van der Waals surface area contributed by atoms with Gasteiger partial charge in [0.25, 0.3) is 5.91 Å². The zero-order valence-electron chi connectivity index (χ0n) is 12.6. The molecule has 1 atom stereocenters. The van der Waals surface area contributed by atoms with E-state index in [0.717, 1.165) is 17.8 Å². The number of alkyl halides is 3. The lowest BCUT2D eigenvalue weighted by Gasteiger charge is -2.23. The summed E-state index contributed by atoms with van der Waals surface area (Å²) in [5, 5.41) is 15.2. The molecule has 1 heterocycles. The van der Waals surface area contributed by atoms with Gasteiger partial charge >= 0.3 is 6.18 Å². The average molecular weight is 324 g/mol. The molecule has 8 heteroatoms. The average Bonchev–Trinajstić information content (AvgIpc) is 2.89. The molecule has 1 aromatic rings. The molecule has 0 spiro atoms. The van der Waals surface area contributed by atoms with Gasteiger partial charge in [-0.2, -0.15) is 23.5 Å². The molecular formula is C15H15F3N4O. The molecule has 0 saturated heterocycles. The van der Waals surface area contributed by atoms with Crippen LogP contribution in [0.25, 0.3) is 0 Å². The molecule has 0 aromatic heterocycles. The van der Waals surface area contributed by atoms with Gasteiger partial charge in [-0.25, -0.2) is 0 Å². The van der Waals surface area contributed by atoms with Crippen LogP contribution in [0.4, 0.5) is 18.9 Å². The lowest BCUT2D eigenvalue weighted by atomic mass is 9.95. The largest absolute Gasteiger partial charge is 0.417 e. The summed E-state index contributed by atoms with van der Waals surface area (Å²) in [5.41, 5.74) is 0.955. The number of hydrogen-bond acceptors (Lipinski definition) is 4. The maximum atomic E-state index is 12.9. The molecule has 5 nitrogen and oxygen atoms in total. The van der Waals surface area contributed by atoms with Crippen LogP contribution in [0.5, 0.6) is 0 Å². The van der Waals surface area contributed by atoms with Gasteiger partial charge in [0.15, 0.2) is 0 Å². The fraction of sp³-hybridized carbons (Fsp3) is 0.400. The zero-order chi connectivity index (χ0) is 17.3. The first-order valence-electron chi connectivity index (χ1n) is 6.95. The molecule has 1 aliphatic rings. The highest BCUT2D eigenvalue weighted by Crippen LogP contribution is 2.33. The van der Waals surface area contributed by atoms with E-state index < -0.39 is 28.7 Å². The summed E-state index contributed by atoms with van der Waals surface area (Å²) >= 11 is 0. The molecule has 0 aliphatic carbocycles. The highest BCUT2D eigenvalue weighted by atomic mass is 19.4. The Morgan fingerprint density at radius 2 is 2.22 bits per heavy atom. The molecule has 23 heavy (non-hydrogen) atoms. The summed E-state index contributed by atoms with van der Waals surface area (Å²) in [6.45, 7) is 3.53. The molecule has 1 unspecified atom stereocenters. The van der Waals surface area contributed by atoms with Crippen LogP contribution in [0, 0.1) is 11.3 Å². The van der Waals surface area contributed by atoms with E-state index in [0.29, 0.717) is 12.8 Å². The van der Waals surface area contributed by atoms with Crippen molar-refractivity contribution in [2.75, 3.05) is 5.32 Å². The van der Waals surface area contributed by atoms with Crippen LogP contribution in [0.3, 0.4) is 0 Å². The minimum atomic E-state index is -4.67. The first kappa shape index (κ1) is 16.8. The van der Waals surface area contributed by atoms with Crippen molar-refractivity contribution in [3.05, 3.63) is 29.3 Å². The van der Waals surface area contributed by atoms with E-state index in [4.69, 9.17) is 5.26 Å². The summed E-state index contributed by atoms with van der Waals surface area (Å²) < 4.78 is 38.8. The summed E-state index contributed by atoms with van der Waals surface area (Å²) in [6, 6.07) is 4.56. The Bertz CT molecular complexity index is 706. The number of hydrogen-bond donors (Lipinski definition) is 2. The summed E-state index contributed by atoms with van der Waals surface area (Å²) in [5.74, 6) is -0.484. The Kier molecular flexibility index (Phi) is 4.32. The topological polar surface area (TPSA) is 77.3 Å². The van der Waals surface area contributed by atoms with Crippen molar-refractivity contribution in [1.82, 2.24) is 5.43 Å². The molecule has 1 aliphatic heterocycles. The summed E-state index contributed by atoms with van der Waals surface area (Å²) in [4.78, 5) is 12.3. The third-order valence-corrected chi connectivity index (χ3v) is 3.63. The van der Waals surface area contributed by atoms with Gasteiger partial charge in [-0.1, -0.05) is 6.92 Å². The third-order valence-electron chi connectivity index (χ3n) is 3.63. The molecule has 0 radical (unpaired) electrons. The van der Waals surface area contributed by atoms with Crippen molar-refractivity contribution >= 4 is 17.3 Å². The van der Waals surface area contributed by atoms with E-state index in [1.807, 2.05) is 6.92 Å². The van der Waals surface area contributed by atoms with Crippen LogP contribution in [-0.2, 0) is 11.0 Å². The second-order valence-corrected chi connectivity index (χ2v) is 5.48. The number of benzene rings is 1. The molecule has 122 valence electrons. The van der Waals surface area contributed by atoms with Crippen molar-refractivity contribution < 1.29 is 18.0 Å². The summed E-state index contributed by atoms with van der Waals surface area (Å²) in [7, 11) is 0. The molecule has 2 N–H and O–H groups in total. The number of anilines is 1. The van der Waals surface area contributed by atoms with Crippen LogP contribution >= 0.6 is 0 Å². The van der Waals surface area contributed by atoms with Crippen LogP contribution in [0.2, 0.25) is 0 Å². The SMILES string of the molecule is CCC1=NNC(C)(C(=O)Nc2ccc(C#N)c(C(F)(F)F)c2)C1. The van der Waals surface area contributed by atoms with Crippen molar-refractivity contribution in [2.45, 2.75) is 38.4 Å². The molecular weight excluding hydrogens is 309 g/mol. The Morgan fingerprint density at radius 3 is 2.74 bits per heavy atom. The van der Waals surface area contributed by atoms with Gasteiger partial charge in [0.1, 0.15) is 5.54 Å². The lowest BCUT2D eigenvalue weighted by Crippen LogP contribution is -2.47. The number of halogens is 3. The van der Waals surface area contributed by atoms with E-state index in [9.17, 15) is 18.0 Å². The zero-order valence-corrected chi connectivity index (χ0v) is 12.6. The Balaban J connectivity index is 2.21. The number of amides is 1. The number of nitriles is 1. The van der Waals surface area contributed by atoms with Gasteiger partial charge in [0, 0.05) is 17.8 Å². The Labute approximate surface area is 131 Å². The molecule has 0 fully saturated rings. The minimum absolute atomic E-state index is 0.0192. The maximum absolute atomic E-state index is 12.9. The number of rotatable bonds is 3. The third kappa shape index (κ3) is 3.44. The quantitative estimate of drug-likeness (QED) is 0.897. The smallest absolute Gasteiger partial charge is 0.324 e. The van der Waals surface area contributed by atoms with Crippen LogP contribution < -0.4 is 10.7 Å². The van der Waals surface area contributed by atoms with Crippen molar-refractivity contribution in [3.63, 3.8) is 0 Å². The van der Waals surface area contributed by atoms with Crippen LogP contribution in [0.15, 0.2) is 23.3 Å². The lowest BCUT2D eigenvalue weighted by molar-refractivity contribution is -0.137. The van der Waals surface area contributed by atoms with Crippen molar-refractivity contribution in [1.29, 1.82) is 5.26 Å². The van der Waals surface area contributed by atoms with E-state index in [-0.39, 0.29) is 5.69 Å². The molecule has 0 bridgehead atoms. The number of nitrogens with zero attached hydrogens (tertiary/aromatic N) is 2. The van der Waals surface area contributed by atoms with E-state index in [1.165, 1.54) is 12.1 Å². The summed E-state index contributed by atoms with van der Waals surface area (Å²) in [6.07, 6.45) is -3.59. The van der Waals surface area contributed by atoms with E-state index >= 15 is 0 Å². The second-order valence-electron chi connectivity index (χ2n) is 5.48. The van der Waals surface area contributed by atoms with Gasteiger partial charge in [-0.15, -0.1) is 0 Å². The van der Waals surface area contributed by atoms with Gasteiger partial charge in [-0.05, 0) is 31.5 Å². The van der Waals surface area contributed by atoms with Gasteiger partial charge < -0.3 is 5.32 Å². The normalized spacial score (nSPS) is 20.4. The predicted octanol–water partition coefficient (Wildman–Crippen LogP) is 3.03. The fourth-order valence-corrected chi connectivity index (χ4v) is 2.25. The maximum Gasteiger partial charge on any atom is 0.417 e. The first-order chi connectivity index (χ1) is 10.7. The van der Waals surface area contributed by atoms with E-state index in [2.05, 4.69) is 15.8 Å². The second kappa shape index (κ2) is 5.91. The van der Waals surface area contributed by atoms with E-state index in [1.54, 1.807) is 6.92 Å². The number of nitrogens with one attached hydrogen (secondary N) is 2. The fourth-order valence-electron chi connectivity index (χ4n) is 2.25. The molecule has 1 aromatic carbocycles. The monoisotopic (exact) mass is 324 g/mol. The van der Waals surface area contributed by atoms with Gasteiger partial charge in [-0.3, -0.25) is 10.2 Å². The first-order valence-corrected chi connectivity index (χ1v) is 6.95. The highest BCUT2D eigenvalue weighted by molar-refractivity contribution is 6.03. The van der Waals surface area contributed by atoms with Gasteiger partial charge in [0.05, 0.1) is 17.2 Å². The number of carbonyl (C=O) groups excluding carboxylic acids is 1. The van der Waals surface area contributed by atoms with Crippen LogP contribution in [0.1, 0.15) is 37.8 Å². The van der Waals surface area contributed by atoms with Crippen molar-refractivity contribution in [3.8, 4) is 6.07 Å².